The van der Waals surface area contributed by atoms with Crippen molar-refractivity contribution in [2.24, 2.45) is 11.1 Å². The normalized spacial score (nSPS) is 17.9. The van der Waals surface area contributed by atoms with Crippen molar-refractivity contribution < 1.29 is 9.53 Å². The summed E-state index contributed by atoms with van der Waals surface area (Å²) in [7, 11) is 0. The van der Waals surface area contributed by atoms with Crippen molar-refractivity contribution in [3.8, 4) is 0 Å². The van der Waals surface area contributed by atoms with Gasteiger partial charge in [-0.1, -0.05) is 12.8 Å². The fourth-order valence-electron chi connectivity index (χ4n) is 2.14. The van der Waals surface area contributed by atoms with Crippen LogP contribution in [0.2, 0.25) is 0 Å². The number of halogens is 1. The monoisotopic (exact) mass is 250 g/mol. The van der Waals surface area contributed by atoms with Gasteiger partial charge < -0.3 is 15.8 Å². The van der Waals surface area contributed by atoms with Crippen molar-refractivity contribution in [1.29, 1.82) is 0 Å². The molecular weight excluding hydrogens is 228 g/mol. The highest BCUT2D eigenvalue weighted by Gasteiger charge is 2.39. The molecule has 0 aliphatic heterocycles. The number of nitrogens with two attached hydrogens (primary N) is 1. The lowest BCUT2D eigenvalue weighted by Crippen LogP contribution is -2.45. The maximum Gasteiger partial charge on any atom is 0.227 e. The average molecular weight is 251 g/mol. The van der Waals surface area contributed by atoms with E-state index in [1.807, 2.05) is 6.92 Å². The predicted molar refractivity (Wildman–Crippen MR) is 66.7 cm³/mol. The van der Waals surface area contributed by atoms with Gasteiger partial charge in [-0.3, -0.25) is 4.79 Å². The van der Waals surface area contributed by atoms with Crippen molar-refractivity contribution in [2.75, 3.05) is 26.3 Å². The average Bonchev–Trinajstić information content (AvgIpc) is 2.74. The second-order valence-corrected chi connectivity index (χ2v) is 4.14. The van der Waals surface area contributed by atoms with Crippen molar-refractivity contribution in [3.05, 3.63) is 0 Å². The second-order valence-electron chi connectivity index (χ2n) is 4.14. The third kappa shape index (κ3) is 3.92. The molecule has 0 aromatic heterocycles. The molecule has 1 aliphatic rings. The molecule has 0 heterocycles. The molecule has 0 spiro atoms. The second kappa shape index (κ2) is 7.87. The van der Waals surface area contributed by atoms with E-state index < -0.39 is 0 Å². The van der Waals surface area contributed by atoms with Crippen LogP contribution >= 0.6 is 12.4 Å². The first kappa shape index (κ1) is 15.7. The van der Waals surface area contributed by atoms with E-state index in [0.717, 1.165) is 25.7 Å². The van der Waals surface area contributed by atoms with E-state index in [0.29, 0.717) is 26.3 Å². The number of carbonyl (C=O) groups excluding carboxylic acids is 1. The molecule has 1 amide bonds. The van der Waals surface area contributed by atoms with Crippen LogP contribution in [-0.2, 0) is 9.53 Å². The lowest BCUT2D eigenvalue weighted by molar-refractivity contribution is -0.130. The highest BCUT2D eigenvalue weighted by Crippen LogP contribution is 2.37. The molecule has 0 radical (unpaired) electrons. The van der Waals surface area contributed by atoms with E-state index in [4.69, 9.17) is 10.5 Å². The van der Waals surface area contributed by atoms with Crippen LogP contribution in [0, 0.1) is 5.41 Å². The Morgan fingerprint density at radius 2 is 2.06 bits per heavy atom. The highest BCUT2D eigenvalue weighted by molar-refractivity contribution is 5.85. The van der Waals surface area contributed by atoms with Crippen molar-refractivity contribution in [1.82, 2.24) is 5.32 Å². The SMILES string of the molecule is CCOCCNC(=O)C1(CN)CCCC1.Cl. The minimum absolute atomic E-state index is 0. The Balaban J connectivity index is 0.00000225. The molecule has 1 saturated carbocycles. The predicted octanol–water partition coefficient (Wildman–Crippen LogP) is 1.08. The number of carbonyl (C=O) groups is 1. The van der Waals surface area contributed by atoms with Crippen LogP contribution in [-0.4, -0.2) is 32.2 Å². The zero-order valence-electron chi connectivity index (χ0n) is 9.96. The summed E-state index contributed by atoms with van der Waals surface area (Å²) in [6.45, 7) is 4.28. The molecule has 16 heavy (non-hydrogen) atoms. The summed E-state index contributed by atoms with van der Waals surface area (Å²) in [6.07, 6.45) is 4.11. The van der Waals surface area contributed by atoms with Crippen LogP contribution in [0.5, 0.6) is 0 Å². The van der Waals surface area contributed by atoms with Crippen molar-refractivity contribution >= 4 is 18.3 Å². The van der Waals surface area contributed by atoms with Gasteiger partial charge >= 0.3 is 0 Å². The first-order chi connectivity index (χ1) is 7.25. The number of hydrogen-bond acceptors (Lipinski definition) is 3. The fourth-order valence-corrected chi connectivity index (χ4v) is 2.14. The smallest absolute Gasteiger partial charge is 0.227 e. The zero-order valence-corrected chi connectivity index (χ0v) is 10.8. The number of nitrogens with one attached hydrogen (secondary N) is 1. The Bertz CT molecular complexity index is 206. The number of amides is 1. The van der Waals surface area contributed by atoms with E-state index in [2.05, 4.69) is 5.32 Å². The van der Waals surface area contributed by atoms with Gasteiger partial charge in [-0.25, -0.2) is 0 Å². The summed E-state index contributed by atoms with van der Waals surface area (Å²) >= 11 is 0. The molecule has 1 aliphatic carbocycles. The zero-order chi connectivity index (χ0) is 11.1. The Morgan fingerprint density at radius 1 is 1.44 bits per heavy atom. The van der Waals surface area contributed by atoms with E-state index in [1.54, 1.807) is 0 Å². The molecule has 96 valence electrons. The molecule has 0 unspecified atom stereocenters. The number of ether oxygens (including phenoxy) is 1. The van der Waals surface area contributed by atoms with Gasteiger partial charge in [0.05, 0.1) is 12.0 Å². The summed E-state index contributed by atoms with van der Waals surface area (Å²) in [5.74, 6) is 0.113. The molecule has 1 rings (SSSR count). The van der Waals surface area contributed by atoms with Crippen LogP contribution in [0.3, 0.4) is 0 Å². The first-order valence-electron chi connectivity index (χ1n) is 5.81. The van der Waals surface area contributed by atoms with Gasteiger partial charge in [0, 0.05) is 19.7 Å². The minimum atomic E-state index is -0.286. The van der Waals surface area contributed by atoms with Crippen LogP contribution < -0.4 is 11.1 Å². The van der Waals surface area contributed by atoms with Crippen LogP contribution in [0.4, 0.5) is 0 Å². The van der Waals surface area contributed by atoms with Crippen LogP contribution in [0.25, 0.3) is 0 Å². The van der Waals surface area contributed by atoms with Gasteiger partial charge in [0.25, 0.3) is 0 Å². The van der Waals surface area contributed by atoms with Crippen molar-refractivity contribution in [3.63, 3.8) is 0 Å². The van der Waals surface area contributed by atoms with Gasteiger partial charge in [-0.15, -0.1) is 12.4 Å². The van der Waals surface area contributed by atoms with Crippen LogP contribution in [0.1, 0.15) is 32.6 Å². The summed E-state index contributed by atoms with van der Waals surface area (Å²) in [6, 6.07) is 0. The van der Waals surface area contributed by atoms with Gasteiger partial charge in [-0.05, 0) is 19.8 Å². The Morgan fingerprint density at radius 3 is 2.56 bits per heavy atom. The molecule has 0 saturated heterocycles. The lowest BCUT2D eigenvalue weighted by Gasteiger charge is -2.25. The topological polar surface area (TPSA) is 64.3 Å². The van der Waals surface area contributed by atoms with Gasteiger partial charge in [0.15, 0.2) is 0 Å². The highest BCUT2D eigenvalue weighted by atomic mass is 35.5. The van der Waals surface area contributed by atoms with Crippen LogP contribution in [0.15, 0.2) is 0 Å². The van der Waals surface area contributed by atoms with Gasteiger partial charge in [-0.2, -0.15) is 0 Å². The molecule has 0 atom stereocenters. The fraction of sp³-hybridized carbons (Fsp3) is 0.909. The van der Waals surface area contributed by atoms with Gasteiger partial charge in [0.2, 0.25) is 5.91 Å². The Hall–Kier alpha value is -0.320. The Kier molecular flexibility index (Phi) is 7.72. The van der Waals surface area contributed by atoms with E-state index in [-0.39, 0.29) is 23.7 Å². The molecule has 0 aromatic carbocycles. The molecule has 1 fully saturated rings. The molecule has 5 heteroatoms. The van der Waals surface area contributed by atoms with E-state index in [1.165, 1.54) is 0 Å². The summed E-state index contributed by atoms with van der Waals surface area (Å²) < 4.78 is 5.17. The Labute approximate surface area is 104 Å². The summed E-state index contributed by atoms with van der Waals surface area (Å²) in [5.41, 5.74) is 5.42. The molecular formula is C11H23ClN2O2. The van der Waals surface area contributed by atoms with E-state index >= 15 is 0 Å². The maximum atomic E-state index is 11.9. The largest absolute Gasteiger partial charge is 0.380 e. The maximum absolute atomic E-state index is 11.9. The van der Waals surface area contributed by atoms with Gasteiger partial charge in [0.1, 0.15) is 0 Å². The summed E-state index contributed by atoms with van der Waals surface area (Å²) in [5, 5.41) is 2.91. The first-order valence-corrected chi connectivity index (χ1v) is 5.81. The number of rotatable bonds is 6. The molecule has 0 aromatic rings. The third-order valence-corrected chi connectivity index (χ3v) is 3.17. The third-order valence-electron chi connectivity index (χ3n) is 3.17. The quantitative estimate of drug-likeness (QED) is 0.694. The molecule has 0 bridgehead atoms. The molecule has 3 N–H and O–H groups in total. The summed E-state index contributed by atoms with van der Waals surface area (Å²) in [4.78, 5) is 11.9. The standard InChI is InChI=1S/C11H22N2O2.ClH/c1-2-15-8-7-13-10(14)11(9-12)5-3-4-6-11;/h2-9,12H2,1H3,(H,13,14);1H. The number of hydrogen-bond donors (Lipinski definition) is 2. The lowest BCUT2D eigenvalue weighted by atomic mass is 9.85. The minimum Gasteiger partial charge on any atom is -0.380 e. The van der Waals surface area contributed by atoms with E-state index in [9.17, 15) is 4.79 Å². The molecule has 4 nitrogen and oxygen atoms in total. The van der Waals surface area contributed by atoms with Crippen molar-refractivity contribution in [2.45, 2.75) is 32.6 Å².